The molecule has 1 heterocycles. The summed E-state index contributed by atoms with van der Waals surface area (Å²) in [6.07, 6.45) is 6.20. The van der Waals surface area contributed by atoms with Gasteiger partial charge in [0, 0.05) is 0 Å². The van der Waals surface area contributed by atoms with E-state index in [4.69, 9.17) is 15.3 Å². The highest BCUT2D eigenvalue weighted by Gasteiger charge is 2.23. The molecule has 1 aromatic rings. The fraction of sp³-hybridized carbons (Fsp3) is 0.667. The molecule has 1 aliphatic carbocycles. The highest BCUT2D eigenvalue weighted by Crippen LogP contribution is 2.34. The lowest BCUT2D eigenvalue weighted by atomic mass is 9.89. The molecule has 1 fully saturated rings. The van der Waals surface area contributed by atoms with Crippen molar-refractivity contribution in [1.29, 1.82) is 0 Å². The lowest BCUT2D eigenvalue weighted by molar-refractivity contribution is 0.119. The van der Waals surface area contributed by atoms with Gasteiger partial charge < -0.3 is 14.9 Å². The summed E-state index contributed by atoms with van der Waals surface area (Å²) in [4.78, 5) is 8.11. The fourth-order valence-corrected chi connectivity index (χ4v) is 2.37. The maximum Gasteiger partial charge on any atom is 0.262 e. The van der Waals surface area contributed by atoms with Crippen LogP contribution < -0.4 is 20.7 Å². The second-order valence-electron chi connectivity index (χ2n) is 4.72. The summed E-state index contributed by atoms with van der Waals surface area (Å²) < 4.78 is 11.2. The summed E-state index contributed by atoms with van der Waals surface area (Å²) in [6, 6.07) is 0. The van der Waals surface area contributed by atoms with E-state index in [0.717, 1.165) is 12.8 Å². The number of hydrogen-bond donors (Lipinski definition) is 2. The van der Waals surface area contributed by atoms with Crippen molar-refractivity contribution >= 4 is 5.82 Å². The Morgan fingerprint density at radius 1 is 1.39 bits per heavy atom. The zero-order valence-corrected chi connectivity index (χ0v) is 10.8. The smallest absolute Gasteiger partial charge is 0.262 e. The van der Waals surface area contributed by atoms with Gasteiger partial charge in [-0.2, -0.15) is 4.98 Å². The number of hydrogen-bond acceptors (Lipinski definition) is 6. The number of nitrogens with two attached hydrogens (primary N) is 1. The van der Waals surface area contributed by atoms with E-state index in [1.807, 2.05) is 0 Å². The molecule has 0 aliphatic heterocycles. The minimum absolute atomic E-state index is 0.197. The first-order valence-electron chi connectivity index (χ1n) is 6.26. The third-order valence-electron chi connectivity index (χ3n) is 3.28. The number of methoxy groups -OCH3 is 1. The number of anilines is 1. The van der Waals surface area contributed by atoms with Crippen molar-refractivity contribution in [3.05, 3.63) is 6.33 Å². The summed E-state index contributed by atoms with van der Waals surface area (Å²) in [7, 11) is 1.55. The Labute approximate surface area is 107 Å². The largest absolute Gasteiger partial charge is 0.489 e. The summed E-state index contributed by atoms with van der Waals surface area (Å²) >= 11 is 0. The predicted molar refractivity (Wildman–Crippen MR) is 68.4 cm³/mol. The maximum absolute atomic E-state index is 5.92. The SMILES string of the molecule is COc1c(NN)ncnc1OC1CCCC(C)C1. The average molecular weight is 252 g/mol. The maximum atomic E-state index is 5.92. The minimum Gasteiger partial charge on any atom is -0.489 e. The second-order valence-corrected chi connectivity index (χ2v) is 4.72. The molecule has 1 saturated carbocycles. The van der Waals surface area contributed by atoms with Gasteiger partial charge in [-0.1, -0.05) is 13.3 Å². The van der Waals surface area contributed by atoms with Gasteiger partial charge in [0.25, 0.3) is 5.88 Å². The Hall–Kier alpha value is -1.56. The van der Waals surface area contributed by atoms with Gasteiger partial charge in [0.15, 0.2) is 5.82 Å². The van der Waals surface area contributed by atoms with Crippen LogP contribution in [0.15, 0.2) is 6.33 Å². The van der Waals surface area contributed by atoms with E-state index in [9.17, 15) is 0 Å². The third-order valence-corrected chi connectivity index (χ3v) is 3.28. The second kappa shape index (κ2) is 5.86. The van der Waals surface area contributed by atoms with Crippen LogP contribution in [-0.4, -0.2) is 23.2 Å². The molecule has 6 nitrogen and oxygen atoms in total. The van der Waals surface area contributed by atoms with Crippen molar-refractivity contribution in [2.24, 2.45) is 11.8 Å². The van der Waals surface area contributed by atoms with Crippen LogP contribution in [0.1, 0.15) is 32.6 Å². The van der Waals surface area contributed by atoms with Crippen LogP contribution in [-0.2, 0) is 0 Å². The molecule has 2 atom stereocenters. The third kappa shape index (κ3) is 2.81. The highest BCUT2D eigenvalue weighted by molar-refractivity contribution is 5.54. The number of aromatic nitrogens is 2. The molecule has 0 saturated heterocycles. The normalized spacial score (nSPS) is 23.5. The first-order valence-corrected chi connectivity index (χ1v) is 6.26. The summed E-state index contributed by atoms with van der Waals surface area (Å²) in [6.45, 7) is 2.25. The van der Waals surface area contributed by atoms with Gasteiger partial charge >= 0.3 is 0 Å². The molecule has 0 bridgehead atoms. The van der Waals surface area contributed by atoms with Crippen LogP contribution in [0.2, 0.25) is 0 Å². The van der Waals surface area contributed by atoms with Crippen molar-refractivity contribution in [2.45, 2.75) is 38.7 Å². The lowest BCUT2D eigenvalue weighted by Gasteiger charge is -2.27. The molecular formula is C12H20N4O2. The number of nitrogen functional groups attached to an aromatic ring is 1. The van der Waals surface area contributed by atoms with Gasteiger partial charge in [-0.05, 0) is 25.2 Å². The zero-order chi connectivity index (χ0) is 13.0. The fourth-order valence-electron chi connectivity index (χ4n) is 2.37. The van der Waals surface area contributed by atoms with Crippen molar-refractivity contribution < 1.29 is 9.47 Å². The molecule has 0 spiro atoms. The Kier molecular flexibility index (Phi) is 4.19. The Morgan fingerprint density at radius 2 is 2.22 bits per heavy atom. The van der Waals surface area contributed by atoms with Crippen LogP contribution in [0.25, 0.3) is 0 Å². The van der Waals surface area contributed by atoms with E-state index in [2.05, 4.69) is 22.3 Å². The minimum atomic E-state index is 0.197. The molecule has 0 aromatic carbocycles. The molecule has 2 rings (SSSR count). The predicted octanol–water partition coefficient (Wildman–Crippen LogP) is 1.73. The van der Waals surface area contributed by atoms with Gasteiger partial charge in [-0.25, -0.2) is 10.8 Å². The van der Waals surface area contributed by atoms with Crippen molar-refractivity contribution in [2.75, 3.05) is 12.5 Å². The molecule has 3 N–H and O–H groups in total. The summed E-state index contributed by atoms with van der Waals surface area (Å²) in [5.41, 5.74) is 2.48. The van der Waals surface area contributed by atoms with E-state index in [1.165, 1.54) is 19.2 Å². The molecule has 0 amide bonds. The standard InChI is InChI=1S/C12H20N4O2/c1-8-4-3-5-9(6-8)18-12-10(17-2)11(16-13)14-7-15-12/h7-9H,3-6,13H2,1-2H3,(H,14,15,16). The first kappa shape index (κ1) is 12.9. The zero-order valence-electron chi connectivity index (χ0n) is 10.8. The number of rotatable bonds is 4. The number of ether oxygens (including phenoxy) is 2. The number of hydrazine groups is 1. The quantitative estimate of drug-likeness (QED) is 0.627. The van der Waals surface area contributed by atoms with Gasteiger partial charge in [-0.15, -0.1) is 0 Å². The number of nitrogens with one attached hydrogen (secondary N) is 1. The van der Waals surface area contributed by atoms with E-state index >= 15 is 0 Å². The molecule has 100 valence electrons. The molecule has 18 heavy (non-hydrogen) atoms. The lowest BCUT2D eigenvalue weighted by Crippen LogP contribution is -2.25. The van der Waals surface area contributed by atoms with Crippen LogP contribution in [0.3, 0.4) is 0 Å². The van der Waals surface area contributed by atoms with E-state index in [1.54, 1.807) is 7.11 Å². The molecule has 1 aliphatic rings. The number of nitrogens with zero attached hydrogens (tertiary/aromatic N) is 2. The Morgan fingerprint density at radius 3 is 2.89 bits per heavy atom. The summed E-state index contributed by atoms with van der Waals surface area (Å²) in [5.74, 6) is 7.42. The van der Waals surface area contributed by atoms with Crippen LogP contribution in [0, 0.1) is 5.92 Å². The first-order chi connectivity index (χ1) is 8.74. The van der Waals surface area contributed by atoms with Crippen LogP contribution >= 0.6 is 0 Å². The van der Waals surface area contributed by atoms with Crippen LogP contribution in [0.5, 0.6) is 11.6 Å². The van der Waals surface area contributed by atoms with Gasteiger partial charge in [0.2, 0.25) is 5.75 Å². The van der Waals surface area contributed by atoms with Gasteiger partial charge in [0.05, 0.1) is 7.11 Å². The van der Waals surface area contributed by atoms with Gasteiger partial charge in [0.1, 0.15) is 12.4 Å². The Balaban J connectivity index is 2.12. The molecular weight excluding hydrogens is 232 g/mol. The summed E-state index contributed by atoms with van der Waals surface area (Å²) in [5, 5.41) is 0. The van der Waals surface area contributed by atoms with E-state index in [-0.39, 0.29) is 6.10 Å². The molecule has 1 aromatic heterocycles. The van der Waals surface area contributed by atoms with Crippen molar-refractivity contribution in [3.8, 4) is 11.6 Å². The van der Waals surface area contributed by atoms with Crippen molar-refractivity contribution in [3.63, 3.8) is 0 Å². The van der Waals surface area contributed by atoms with Gasteiger partial charge in [-0.3, -0.25) is 0 Å². The molecule has 2 unspecified atom stereocenters. The Bertz CT molecular complexity index is 400. The topological polar surface area (TPSA) is 82.3 Å². The van der Waals surface area contributed by atoms with E-state index in [0.29, 0.717) is 23.4 Å². The highest BCUT2D eigenvalue weighted by atomic mass is 16.5. The van der Waals surface area contributed by atoms with Crippen LogP contribution in [0.4, 0.5) is 5.82 Å². The monoisotopic (exact) mass is 252 g/mol. The molecule has 0 radical (unpaired) electrons. The molecule has 6 heteroatoms. The van der Waals surface area contributed by atoms with E-state index < -0.39 is 0 Å². The average Bonchev–Trinajstić information content (AvgIpc) is 2.38. The van der Waals surface area contributed by atoms with Crippen molar-refractivity contribution in [1.82, 2.24) is 9.97 Å².